The van der Waals surface area contributed by atoms with Gasteiger partial charge in [0, 0.05) is 6.54 Å². The second-order valence-corrected chi connectivity index (χ2v) is 6.69. The van der Waals surface area contributed by atoms with Gasteiger partial charge in [0.1, 0.15) is 5.75 Å². The van der Waals surface area contributed by atoms with Crippen molar-refractivity contribution in [3.63, 3.8) is 0 Å². The Morgan fingerprint density at radius 2 is 2.00 bits per heavy atom. The number of carbonyl (C=O) groups excluding carboxylic acids is 2. The van der Waals surface area contributed by atoms with Gasteiger partial charge in [-0.2, -0.15) is 0 Å². The number of aliphatic hydroxyl groups is 1. The van der Waals surface area contributed by atoms with Crippen LogP contribution in [0, 0.1) is 0 Å². The SMILES string of the molecule is CCCN1C(=O)C(O)=C(C(=O)c2cccs2)C1c1ccc(OC)cc1. The summed E-state index contributed by atoms with van der Waals surface area (Å²) in [6.07, 6.45) is 0.728. The Hall–Kier alpha value is -2.60. The monoisotopic (exact) mass is 357 g/mol. The third-order valence-electron chi connectivity index (χ3n) is 4.19. The number of aliphatic hydroxyl groups excluding tert-OH is 1. The second kappa shape index (κ2) is 7.11. The van der Waals surface area contributed by atoms with Crippen LogP contribution in [0.25, 0.3) is 0 Å². The van der Waals surface area contributed by atoms with Crippen molar-refractivity contribution < 1.29 is 19.4 Å². The Balaban J connectivity index is 2.07. The fraction of sp³-hybridized carbons (Fsp3) is 0.263. The van der Waals surface area contributed by atoms with Gasteiger partial charge >= 0.3 is 0 Å². The Labute approximate surface area is 150 Å². The summed E-state index contributed by atoms with van der Waals surface area (Å²) in [5, 5.41) is 12.2. The van der Waals surface area contributed by atoms with Crippen molar-refractivity contribution in [2.45, 2.75) is 19.4 Å². The number of thiophene rings is 1. The van der Waals surface area contributed by atoms with Gasteiger partial charge in [0.2, 0.25) is 5.78 Å². The normalized spacial score (nSPS) is 17.3. The molecule has 0 spiro atoms. The molecule has 0 saturated heterocycles. The first-order chi connectivity index (χ1) is 12.1. The molecule has 0 aliphatic carbocycles. The van der Waals surface area contributed by atoms with E-state index in [1.165, 1.54) is 11.3 Å². The molecular formula is C19H19NO4S. The average molecular weight is 357 g/mol. The van der Waals surface area contributed by atoms with Crippen LogP contribution >= 0.6 is 11.3 Å². The van der Waals surface area contributed by atoms with E-state index in [-0.39, 0.29) is 11.4 Å². The van der Waals surface area contributed by atoms with Crippen LogP contribution in [-0.2, 0) is 4.79 Å². The molecule has 1 N–H and O–H groups in total. The molecule has 0 bridgehead atoms. The maximum atomic E-state index is 12.9. The third-order valence-corrected chi connectivity index (χ3v) is 5.06. The van der Waals surface area contributed by atoms with Gasteiger partial charge in [-0.3, -0.25) is 9.59 Å². The van der Waals surface area contributed by atoms with Crippen LogP contribution in [0.15, 0.2) is 53.1 Å². The zero-order chi connectivity index (χ0) is 18.0. The van der Waals surface area contributed by atoms with E-state index >= 15 is 0 Å². The molecule has 1 aromatic carbocycles. The fourth-order valence-corrected chi connectivity index (χ4v) is 3.71. The molecule has 0 radical (unpaired) electrons. The van der Waals surface area contributed by atoms with E-state index in [0.29, 0.717) is 17.2 Å². The number of nitrogens with zero attached hydrogens (tertiary/aromatic N) is 1. The highest BCUT2D eigenvalue weighted by Crippen LogP contribution is 2.39. The van der Waals surface area contributed by atoms with E-state index in [9.17, 15) is 14.7 Å². The van der Waals surface area contributed by atoms with Crippen LogP contribution in [0.4, 0.5) is 0 Å². The summed E-state index contributed by atoms with van der Waals surface area (Å²) in [4.78, 5) is 27.5. The maximum absolute atomic E-state index is 12.9. The molecule has 1 atom stereocenters. The number of hydrogen-bond donors (Lipinski definition) is 1. The predicted molar refractivity (Wildman–Crippen MR) is 96.0 cm³/mol. The highest BCUT2D eigenvalue weighted by molar-refractivity contribution is 7.12. The Kier molecular flexibility index (Phi) is 4.90. The molecule has 1 aliphatic rings. The van der Waals surface area contributed by atoms with Crippen LogP contribution < -0.4 is 4.74 Å². The summed E-state index contributed by atoms with van der Waals surface area (Å²) in [5.74, 6) is -0.565. The molecule has 130 valence electrons. The number of Topliss-reactive ketones (excluding diaryl/α,β-unsaturated/α-hetero) is 1. The molecular weight excluding hydrogens is 338 g/mol. The topological polar surface area (TPSA) is 66.8 Å². The molecule has 1 unspecified atom stereocenters. The van der Waals surface area contributed by atoms with E-state index in [1.807, 2.05) is 19.1 Å². The lowest BCUT2D eigenvalue weighted by Crippen LogP contribution is -2.31. The van der Waals surface area contributed by atoms with Crippen molar-refractivity contribution in [3.8, 4) is 5.75 Å². The highest BCUT2D eigenvalue weighted by atomic mass is 32.1. The molecule has 5 nitrogen and oxygen atoms in total. The first-order valence-corrected chi connectivity index (χ1v) is 8.92. The first kappa shape index (κ1) is 17.2. The number of ketones is 1. The number of ether oxygens (including phenoxy) is 1. The number of amides is 1. The number of carbonyl (C=O) groups is 2. The number of hydrogen-bond acceptors (Lipinski definition) is 5. The van der Waals surface area contributed by atoms with Gasteiger partial charge in [-0.1, -0.05) is 25.1 Å². The molecule has 25 heavy (non-hydrogen) atoms. The fourth-order valence-electron chi connectivity index (χ4n) is 3.03. The van der Waals surface area contributed by atoms with E-state index in [2.05, 4.69) is 0 Å². The molecule has 0 fully saturated rings. The largest absolute Gasteiger partial charge is 0.503 e. The summed E-state index contributed by atoms with van der Waals surface area (Å²) < 4.78 is 5.17. The van der Waals surface area contributed by atoms with Crippen LogP contribution in [0.5, 0.6) is 5.75 Å². The Morgan fingerprint density at radius 3 is 2.56 bits per heavy atom. The van der Waals surface area contributed by atoms with Gasteiger partial charge < -0.3 is 14.7 Å². The Morgan fingerprint density at radius 1 is 1.28 bits per heavy atom. The minimum atomic E-state index is -0.590. The van der Waals surface area contributed by atoms with Crippen molar-refractivity contribution in [1.29, 1.82) is 0 Å². The summed E-state index contributed by atoms with van der Waals surface area (Å²) in [5.41, 5.74) is 0.914. The molecule has 2 aromatic rings. The standard InChI is InChI=1S/C19H19NO4S/c1-3-10-20-16(12-6-8-13(24-2)9-7-12)15(18(22)19(20)23)17(21)14-5-4-11-25-14/h4-9,11,16,22H,3,10H2,1-2H3. The van der Waals surface area contributed by atoms with Gasteiger partial charge in [-0.15, -0.1) is 11.3 Å². The predicted octanol–water partition coefficient (Wildman–Crippen LogP) is 3.75. The minimum absolute atomic E-state index is 0.145. The molecule has 6 heteroatoms. The van der Waals surface area contributed by atoms with E-state index in [0.717, 1.165) is 12.0 Å². The van der Waals surface area contributed by atoms with Gasteiger partial charge in [0.05, 0.1) is 23.6 Å². The molecule has 1 aromatic heterocycles. The summed E-state index contributed by atoms with van der Waals surface area (Å²) in [6.45, 7) is 2.41. The van der Waals surface area contributed by atoms with Crippen molar-refractivity contribution >= 4 is 23.0 Å². The Bertz CT molecular complexity index is 808. The van der Waals surface area contributed by atoms with Crippen molar-refractivity contribution in [2.24, 2.45) is 0 Å². The minimum Gasteiger partial charge on any atom is -0.503 e. The molecule has 2 heterocycles. The van der Waals surface area contributed by atoms with Crippen molar-refractivity contribution in [3.05, 3.63) is 63.6 Å². The van der Waals surface area contributed by atoms with Gasteiger partial charge in [-0.25, -0.2) is 0 Å². The third kappa shape index (κ3) is 3.05. The van der Waals surface area contributed by atoms with E-state index < -0.39 is 17.7 Å². The summed E-state index contributed by atoms with van der Waals surface area (Å²) in [7, 11) is 1.58. The quantitative estimate of drug-likeness (QED) is 0.800. The first-order valence-electron chi connectivity index (χ1n) is 8.04. The van der Waals surface area contributed by atoms with E-state index in [1.54, 1.807) is 41.7 Å². The lowest BCUT2D eigenvalue weighted by Gasteiger charge is -2.26. The summed E-state index contributed by atoms with van der Waals surface area (Å²) in [6, 6.07) is 10.1. The molecule has 1 aliphatic heterocycles. The zero-order valence-electron chi connectivity index (χ0n) is 14.1. The highest BCUT2D eigenvalue weighted by Gasteiger charge is 2.43. The van der Waals surface area contributed by atoms with Crippen LogP contribution in [0.2, 0.25) is 0 Å². The smallest absolute Gasteiger partial charge is 0.290 e. The van der Waals surface area contributed by atoms with Crippen molar-refractivity contribution in [2.75, 3.05) is 13.7 Å². The van der Waals surface area contributed by atoms with Crippen LogP contribution in [0.3, 0.4) is 0 Å². The lowest BCUT2D eigenvalue weighted by atomic mass is 9.95. The van der Waals surface area contributed by atoms with Crippen molar-refractivity contribution in [1.82, 2.24) is 4.90 Å². The number of rotatable bonds is 6. The van der Waals surface area contributed by atoms with Gasteiger partial charge in [-0.05, 0) is 35.6 Å². The number of benzene rings is 1. The lowest BCUT2D eigenvalue weighted by molar-refractivity contribution is -0.129. The molecule has 1 amide bonds. The maximum Gasteiger partial charge on any atom is 0.290 e. The van der Waals surface area contributed by atoms with E-state index in [4.69, 9.17) is 4.74 Å². The van der Waals surface area contributed by atoms with Gasteiger partial charge in [0.25, 0.3) is 5.91 Å². The second-order valence-electron chi connectivity index (χ2n) is 5.74. The van der Waals surface area contributed by atoms with Crippen LogP contribution in [-0.4, -0.2) is 35.4 Å². The summed E-state index contributed by atoms with van der Waals surface area (Å²) >= 11 is 1.29. The number of methoxy groups -OCH3 is 1. The zero-order valence-corrected chi connectivity index (χ0v) is 14.9. The molecule has 0 saturated carbocycles. The van der Waals surface area contributed by atoms with Crippen LogP contribution in [0.1, 0.15) is 34.6 Å². The molecule has 3 rings (SSSR count). The van der Waals surface area contributed by atoms with Gasteiger partial charge in [0.15, 0.2) is 5.76 Å². The average Bonchev–Trinajstić information content (AvgIpc) is 3.25.